The smallest absolute Gasteiger partial charge is 0.351 e. The van der Waals surface area contributed by atoms with Crippen molar-refractivity contribution in [3.8, 4) is 0 Å². The van der Waals surface area contributed by atoms with Crippen LogP contribution in [-0.2, 0) is 4.74 Å². The van der Waals surface area contributed by atoms with Gasteiger partial charge in [0.2, 0.25) is 5.72 Å². The number of rotatable bonds is 5. The van der Waals surface area contributed by atoms with E-state index in [1.807, 2.05) is 0 Å². The molecule has 1 aliphatic carbocycles. The molecule has 124 valence electrons. The molecule has 3 N–H and O–H groups in total. The maximum atomic E-state index is 14.3. The van der Waals surface area contributed by atoms with Crippen molar-refractivity contribution in [1.82, 2.24) is 9.55 Å². The van der Waals surface area contributed by atoms with E-state index in [0.29, 0.717) is 11.9 Å². The van der Waals surface area contributed by atoms with Crippen LogP contribution in [0.5, 0.6) is 0 Å². The first-order chi connectivity index (χ1) is 11.0. The summed E-state index contributed by atoms with van der Waals surface area (Å²) in [6.07, 6.45) is -2.27. The van der Waals surface area contributed by atoms with Crippen LogP contribution in [-0.4, -0.2) is 50.4 Å². The molecule has 1 aromatic heterocycles. The lowest BCUT2D eigenvalue weighted by Crippen LogP contribution is -2.43. The summed E-state index contributed by atoms with van der Waals surface area (Å²) in [6.45, 7) is -0.932. The Bertz CT molecular complexity index is 703. The van der Waals surface area contributed by atoms with Gasteiger partial charge in [0, 0.05) is 17.2 Å². The summed E-state index contributed by atoms with van der Waals surface area (Å²) in [5, 5.41) is 25.3. The highest BCUT2D eigenvalue weighted by Crippen LogP contribution is 2.39. The number of halogens is 1. The summed E-state index contributed by atoms with van der Waals surface area (Å²) < 4.78 is 20.3. The second-order valence-electron chi connectivity index (χ2n) is 5.51. The average molecular weight is 326 g/mol. The van der Waals surface area contributed by atoms with Gasteiger partial charge in [-0.3, -0.25) is 4.57 Å². The van der Waals surface area contributed by atoms with E-state index in [-0.39, 0.29) is 0 Å². The van der Waals surface area contributed by atoms with E-state index in [2.05, 4.69) is 20.3 Å². The van der Waals surface area contributed by atoms with Crippen molar-refractivity contribution in [3.05, 3.63) is 33.2 Å². The SMILES string of the molecule is [N-]=[N+]=N[C@]1(CO)O[C@@H](n2ccc(NC3CC3)nc2=O)[C@@H](F)[C@@H]1O. The molecule has 2 aliphatic rings. The minimum Gasteiger partial charge on any atom is -0.393 e. The van der Waals surface area contributed by atoms with E-state index in [9.17, 15) is 19.4 Å². The number of nitrogens with zero attached hydrogens (tertiary/aromatic N) is 5. The maximum absolute atomic E-state index is 14.3. The Morgan fingerprint density at radius 3 is 2.96 bits per heavy atom. The van der Waals surface area contributed by atoms with Crippen molar-refractivity contribution in [3.63, 3.8) is 0 Å². The fraction of sp³-hybridized carbons (Fsp3) is 0.667. The molecule has 1 saturated carbocycles. The van der Waals surface area contributed by atoms with Crippen LogP contribution < -0.4 is 11.0 Å². The number of aromatic nitrogens is 2. The van der Waals surface area contributed by atoms with Gasteiger partial charge in [-0.15, -0.1) is 0 Å². The first-order valence-electron chi connectivity index (χ1n) is 7.03. The van der Waals surface area contributed by atoms with Crippen LogP contribution in [0.3, 0.4) is 0 Å². The van der Waals surface area contributed by atoms with Gasteiger partial charge in [-0.05, 0) is 24.4 Å². The summed E-state index contributed by atoms with van der Waals surface area (Å²) in [6, 6.07) is 1.78. The van der Waals surface area contributed by atoms with Gasteiger partial charge >= 0.3 is 5.69 Å². The highest BCUT2D eigenvalue weighted by molar-refractivity contribution is 5.35. The zero-order valence-electron chi connectivity index (χ0n) is 11.9. The molecule has 1 aliphatic heterocycles. The lowest BCUT2D eigenvalue weighted by molar-refractivity contribution is -0.124. The highest BCUT2D eigenvalue weighted by Gasteiger charge is 2.56. The minimum atomic E-state index is -2.18. The van der Waals surface area contributed by atoms with Gasteiger partial charge < -0.3 is 20.3 Å². The van der Waals surface area contributed by atoms with Gasteiger partial charge in [0.15, 0.2) is 12.4 Å². The Balaban J connectivity index is 1.89. The maximum Gasteiger partial charge on any atom is 0.351 e. The lowest BCUT2D eigenvalue weighted by atomic mass is 10.1. The number of aliphatic hydroxyl groups excluding tert-OH is 2. The molecule has 0 bridgehead atoms. The normalized spacial score (nSPS) is 33.3. The van der Waals surface area contributed by atoms with Crippen molar-refractivity contribution in [2.75, 3.05) is 11.9 Å². The second kappa shape index (κ2) is 5.78. The summed E-state index contributed by atoms with van der Waals surface area (Å²) in [5.41, 5.74) is 5.54. The van der Waals surface area contributed by atoms with Crippen LogP contribution in [0.15, 0.2) is 22.2 Å². The standard InChI is InChI=1S/C12H15FN6O4/c13-8-9(21)12(5-20,17-18-14)23-10(8)19-4-3-7(16-11(19)22)15-6-1-2-6/h3-4,6,8-10,20-21H,1-2,5H2,(H,15,16,22)/t8-,9-,10+,12+/m0/s1. The average Bonchev–Trinajstić information content (AvgIpc) is 3.31. The van der Waals surface area contributed by atoms with E-state index in [1.54, 1.807) is 0 Å². The van der Waals surface area contributed by atoms with Gasteiger partial charge in [-0.1, -0.05) is 5.11 Å². The Morgan fingerprint density at radius 2 is 2.39 bits per heavy atom. The van der Waals surface area contributed by atoms with Crippen molar-refractivity contribution in [1.29, 1.82) is 0 Å². The molecule has 23 heavy (non-hydrogen) atoms. The summed E-state index contributed by atoms with van der Waals surface area (Å²) in [5.74, 6) is 0.367. The quantitative estimate of drug-likeness (QED) is 0.396. The van der Waals surface area contributed by atoms with Crippen LogP contribution in [0.25, 0.3) is 10.4 Å². The lowest BCUT2D eigenvalue weighted by Gasteiger charge is -2.23. The predicted octanol–water partition coefficient (Wildman–Crippen LogP) is 0.0443. The first kappa shape index (κ1) is 15.7. The Hall–Kier alpha value is -2.20. The predicted molar refractivity (Wildman–Crippen MR) is 75.1 cm³/mol. The fourth-order valence-corrected chi connectivity index (χ4v) is 2.40. The topological polar surface area (TPSA) is 145 Å². The van der Waals surface area contributed by atoms with Gasteiger partial charge in [0.05, 0.1) is 6.61 Å². The van der Waals surface area contributed by atoms with Crippen LogP contribution >= 0.6 is 0 Å². The van der Waals surface area contributed by atoms with Crippen LogP contribution in [0, 0.1) is 0 Å². The number of anilines is 1. The van der Waals surface area contributed by atoms with E-state index >= 15 is 0 Å². The van der Waals surface area contributed by atoms with Gasteiger partial charge in [-0.2, -0.15) is 4.98 Å². The molecule has 0 unspecified atom stereocenters. The molecule has 2 fully saturated rings. The fourth-order valence-electron chi connectivity index (χ4n) is 2.40. The van der Waals surface area contributed by atoms with E-state index in [0.717, 1.165) is 17.4 Å². The van der Waals surface area contributed by atoms with Gasteiger partial charge in [0.25, 0.3) is 0 Å². The zero-order valence-corrected chi connectivity index (χ0v) is 11.9. The summed E-state index contributed by atoms with van der Waals surface area (Å²) in [7, 11) is 0. The molecule has 1 aromatic rings. The van der Waals surface area contributed by atoms with Gasteiger partial charge in [-0.25, -0.2) is 9.18 Å². The number of ether oxygens (including phenoxy) is 1. The number of azide groups is 1. The van der Waals surface area contributed by atoms with Crippen LogP contribution in [0.2, 0.25) is 0 Å². The first-order valence-corrected chi connectivity index (χ1v) is 7.03. The third-order valence-electron chi connectivity index (χ3n) is 3.84. The monoisotopic (exact) mass is 326 g/mol. The molecule has 11 heteroatoms. The third-order valence-corrected chi connectivity index (χ3v) is 3.84. The molecule has 10 nitrogen and oxygen atoms in total. The minimum absolute atomic E-state index is 0.295. The van der Waals surface area contributed by atoms with Crippen LogP contribution in [0.1, 0.15) is 19.1 Å². The molecule has 3 rings (SSSR count). The number of hydrogen-bond acceptors (Lipinski definition) is 7. The number of alkyl halides is 1. The summed E-state index contributed by atoms with van der Waals surface area (Å²) in [4.78, 5) is 18.3. The second-order valence-corrected chi connectivity index (χ2v) is 5.51. The summed E-state index contributed by atoms with van der Waals surface area (Å²) >= 11 is 0. The van der Waals surface area contributed by atoms with E-state index in [1.165, 1.54) is 12.3 Å². The molecule has 0 spiro atoms. The Labute approximate surface area is 129 Å². The third kappa shape index (κ3) is 2.75. The number of aliphatic hydroxyl groups is 2. The van der Waals surface area contributed by atoms with Crippen molar-refractivity contribution < 1.29 is 19.3 Å². The molecule has 4 atom stereocenters. The highest BCUT2D eigenvalue weighted by atomic mass is 19.1. The van der Waals surface area contributed by atoms with E-state index < -0.39 is 36.5 Å². The van der Waals surface area contributed by atoms with Crippen LogP contribution in [0.4, 0.5) is 10.2 Å². The Morgan fingerprint density at radius 1 is 1.65 bits per heavy atom. The Kier molecular flexibility index (Phi) is 3.94. The molecule has 0 aromatic carbocycles. The largest absolute Gasteiger partial charge is 0.393 e. The van der Waals surface area contributed by atoms with E-state index in [4.69, 9.17) is 10.3 Å². The molecule has 0 amide bonds. The molecule has 0 radical (unpaired) electrons. The van der Waals surface area contributed by atoms with Crippen molar-refractivity contribution in [2.45, 2.75) is 43.1 Å². The van der Waals surface area contributed by atoms with Crippen molar-refractivity contribution in [2.24, 2.45) is 5.11 Å². The van der Waals surface area contributed by atoms with Gasteiger partial charge in [0.1, 0.15) is 11.9 Å². The molecule has 2 heterocycles. The van der Waals surface area contributed by atoms with Crippen molar-refractivity contribution >= 4 is 5.82 Å². The molecular formula is C12H15FN6O4. The number of nitrogens with one attached hydrogen (secondary N) is 1. The molecule has 1 saturated heterocycles. The zero-order chi connectivity index (χ0) is 16.6. The molecular weight excluding hydrogens is 311 g/mol. The number of hydrogen-bond donors (Lipinski definition) is 3.